The van der Waals surface area contributed by atoms with Gasteiger partial charge in [-0.1, -0.05) is 48.5 Å². The average Bonchev–Trinajstić information content (AvgIpc) is 3.32. The molecule has 0 unspecified atom stereocenters. The highest BCUT2D eigenvalue weighted by Crippen LogP contribution is 2.39. The number of hydrogen-bond acceptors (Lipinski definition) is 1. The second kappa shape index (κ2) is 6.46. The highest BCUT2D eigenvalue weighted by Gasteiger charge is 2.26. The molecule has 2 aromatic heterocycles. The first-order valence-corrected chi connectivity index (χ1v) is 11.4. The smallest absolute Gasteiger partial charge is 0.259 e. The number of aryl methyl sites for hydroxylation is 2. The minimum atomic E-state index is 0.936. The van der Waals surface area contributed by atoms with Crippen molar-refractivity contribution in [2.24, 2.45) is 7.05 Å². The van der Waals surface area contributed by atoms with Crippen molar-refractivity contribution < 1.29 is 8.98 Å². The highest BCUT2D eigenvalue weighted by atomic mass is 16.3. The van der Waals surface area contributed by atoms with Crippen LogP contribution in [0.4, 0.5) is 0 Å². The van der Waals surface area contributed by atoms with Crippen LogP contribution in [0.5, 0.6) is 0 Å². The number of fused-ring (bicyclic) bond motifs is 8. The van der Waals surface area contributed by atoms with Gasteiger partial charge in [-0.2, -0.15) is 4.57 Å². The van der Waals surface area contributed by atoms with E-state index in [9.17, 15) is 0 Å². The lowest BCUT2D eigenvalue weighted by Crippen LogP contribution is -2.31. The molecule has 3 heteroatoms. The maximum atomic E-state index is 6.59. The van der Waals surface area contributed by atoms with Crippen LogP contribution in [0.2, 0.25) is 0 Å². The maximum absolute atomic E-state index is 6.59. The summed E-state index contributed by atoms with van der Waals surface area (Å²) in [5, 5.41) is 7.13. The molecular weight excluding hydrogens is 404 g/mol. The van der Waals surface area contributed by atoms with Crippen LogP contribution in [0.25, 0.3) is 60.2 Å². The summed E-state index contributed by atoms with van der Waals surface area (Å²) in [7, 11) is 2.15. The van der Waals surface area contributed by atoms with Crippen LogP contribution < -0.4 is 4.57 Å². The molecule has 3 nitrogen and oxygen atoms in total. The topological polar surface area (TPSA) is 21.9 Å². The van der Waals surface area contributed by atoms with Gasteiger partial charge in [-0.25, -0.2) is 4.57 Å². The lowest BCUT2D eigenvalue weighted by atomic mass is 10.0. The first kappa shape index (κ1) is 18.5. The maximum Gasteiger partial charge on any atom is 0.259 e. The molecule has 7 aromatic rings. The quantitative estimate of drug-likeness (QED) is 0.252. The normalized spacial score (nSPS) is 12.1. The Morgan fingerprint density at radius 2 is 1.45 bits per heavy atom. The molecule has 7 rings (SSSR count). The summed E-state index contributed by atoms with van der Waals surface area (Å²) < 4.78 is 11.3. The summed E-state index contributed by atoms with van der Waals surface area (Å²) in [6.07, 6.45) is 0. The molecule has 0 fully saturated rings. The number of rotatable bonds is 1. The summed E-state index contributed by atoms with van der Waals surface area (Å²) in [5.41, 5.74) is 6.75. The van der Waals surface area contributed by atoms with Gasteiger partial charge in [-0.3, -0.25) is 0 Å². The van der Waals surface area contributed by atoms with Crippen molar-refractivity contribution in [3.8, 4) is 5.69 Å². The Bertz CT molecular complexity index is 1900. The fourth-order valence-electron chi connectivity index (χ4n) is 5.42. The van der Waals surface area contributed by atoms with E-state index in [-0.39, 0.29) is 0 Å². The van der Waals surface area contributed by atoms with Crippen molar-refractivity contribution in [1.29, 1.82) is 0 Å². The van der Waals surface area contributed by atoms with Crippen LogP contribution in [0, 0.1) is 13.8 Å². The van der Waals surface area contributed by atoms with Crippen molar-refractivity contribution in [2.45, 2.75) is 13.8 Å². The summed E-state index contributed by atoms with van der Waals surface area (Å²) in [4.78, 5) is 0. The fourth-order valence-corrected chi connectivity index (χ4v) is 5.42. The monoisotopic (exact) mass is 427 g/mol. The first-order chi connectivity index (χ1) is 16.1. The van der Waals surface area contributed by atoms with E-state index in [4.69, 9.17) is 4.42 Å². The molecule has 0 saturated heterocycles. The van der Waals surface area contributed by atoms with Crippen molar-refractivity contribution in [3.05, 3.63) is 96.3 Å². The van der Waals surface area contributed by atoms with Crippen LogP contribution in [-0.2, 0) is 7.05 Å². The zero-order chi connectivity index (χ0) is 22.3. The number of benzene rings is 5. The molecule has 158 valence electrons. The lowest BCUT2D eigenvalue weighted by molar-refractivity contribution is -0.651. The Labute approximate surface area is 191 Å². The van der Waals surface area contributed by atoms with Crippen LogP contribution in [-0.4, -0.2) is 4.57 Å². The van der Waals surface area contributed by atoms with Crippen LogP contribution in [0.15, 0.2) is 89.3 Å². The standard InChI is InChI=1S/C30H23N2O/c1-18-8-4-7-11-25(18)32-19(2)31(3)29-26(32)15-13-20-12-14-23-24-16-21-9-5-6-10-22(21)17-27(24)33-30(23)28(20)29/h4-17H,1-3H3/q+1. The van der Waals surface area contributed by atoms with Gasteiger partial charge in [-0.05, 0) is 65.0 Å². The Balaban J connectivity index is 1.67. The minimum Gasteiger partial charge on any atom is -0.455 e. The number of aromatic nitrogens is 2. The zero-order valence-corrected chi connectivity index (χ0v) is 18.9. The molecule has 0 bridgehead atoms. The van der Waals surface area contributed by atoms with Crippen molar-refractivity contribution in [2.75, 3.05) is 0 Å². The Kier molecular flexibility index (Phi) is 3.61. The van der Waals surface area contributed by atoms with Gasteiger partial charge in [0.15, 0.2) is 11.0 Å². The Morgan fingerprint density at radius 3 is 2.27 bits per heavy atom. The van der Waals surface area contributed by atoms with E-state index < -0.39 is 0 Å². The second-order valence-electron chi connectivity index (χ2n) is 9.00. The second-order valence-corrected chi connectivity index (χ2v) is 9.00. The van der Waals surface area contributed by atoms with Gasteiger partial charge in [0.2, 0.25) is 0 Å². The van der Waals surface area contributed by atoms with Crippen LogP contribution in [0.1, 0.15) is 11.4 Å². The molecule has 0 amide bonds. The summed E-state index contributed by atoms with van der Waals surface area (Å²) in [6.45, 7) is 4.35. The van der Waals surface area contributed by atoms with Gasteiger partial charge in [0.25, 0.3) is 5.82 Å². The van der Waals surface area contributed by atoms with Gasteiger partial charge in [0.05, 0.1) is 12.4 Å². The van der Waals surface area contributed by atoms with E-state index in [0.717, 1.165) is 16.6 Å². The molecule has 0 aliphatic heterocycles. The van der Waals surface area contributed by atoms with Gasteiger partial charge in [0, 0.05) is 17.7 Å². The number of para-hydroxylation sites is 1. The Morgan fingerprint density at radius 1 is 0.727 bits per heavy atom. The van der Waals surface area contributed by atoms with E-state index in [2.05, 4.69) is 115 Å². The summed E-state index contributed by atoms with van der Waals surface area (Å²) in [5.74, 6) is 1.19. The van der Waals surface area contributed by atoms with Gasteiger partial charge in [0.1, 0.15) is 16.9 Å². The molecule has 33 heavy (non-hydrogen) atoms. The fraction of sp³-hybridized carbons (Fsp3) is 0.100. The van der Waals surface area contributed by atoms with Crippen molar-refractivity contribution in [3.63, 3.8) is 0 Å². The van der Waals surface area contributed by atoms with Crippen LogP contribution >= 0.6 is 0 Å². The van der Waals surface area contributed by atoms with Gasteiger partial charge >= 0.3 is 0 Å². The average molecular weight is 428 g/mol. The number of imidazole rings is 1. The lowest BCUT2D eigenvalue weighted by Gasteiger charge is -2.04. The predicted molar refractivity (Wildman–Crippen MR) is 136 cm³/mol. The third-order valence-corrected chi connectivity index (χ3v) is 7.18. The van der Waals surface area contributed by atoms with Crippen LogP contribution in [0.3, 0.4) is 0 Å². The summed E-state index contributed by atoms with van der Waals surface area (Å²) in [6, 6.07) is 30.3. The van der Waals surface area contributed by atoms with E-state index in [1.807, 2.05) is 0 Å². The minimum absolute atomic E-state index is 0.936. The third-order valence-electron chi connectivity index (χ3n) is 7.18. The zero-order valence-electron chi connectivity index (χ0n) is 18.9. The SMILES string of the molecule is Cc1ccccc1-n1c(C)[n+](C)c2c3c(ccc4c5cc6ccccc6cc5oc43)ccc21. The molecule has 0 aliphatic rings. The Hall–Kier alpha value is -4.11. The first-order valence-electron chi connectivity index (χ1n) is 11.4. The van der Waals surface area contributed by atoms with E-state index in [1.165, 1.54) is 55.0 Å². The highest BCUT2D eigenvalue weighted by molar-refractivity contribution is 6.22. The molecule has 2 heterocycles. The van der Waals surface area contributed by atoms with E-state index in [0.29, 0.717) is 0 Å². The largest absolute Gasteiger partial charge is 0.455 e. The van der Waals surface area contributed by atoms with Gasteiger partial charge in [-0.15, -0.1) is 0 Å². The number of hydrogen-bond donors (Lipinski definition) is 0. The molecule has 0 saturated carbocycles. The van der Waals surface area contributed by atoms with E-state index >= 15 is 0 Å². The number of furan rings is 1. The molecule has 0 radical (unpaired) electrons. The molecular formula is C30H23N2O+. The van der Waals surface area contributed by atoms with Gasteiger partial charge < -0.3 is 4.42 Å². The summed E-state index contributed by atoms with van der Waals surface area (Å²) >= 11 is 0. The molecule has 0 spiro atoms. The molecule has 0 atom stereocenters. The third kappa shape index (κ3) is 2.42. The van der Waals surface area contributed by atoms with Crippen molar-refractivity contribution in [1.82, 2.24) is 4.57 Å². The molecule has 0 N–H and O–H groups in total. The van der Waals surface area contributed by atoms with Crippen molar-refractivity contribution >= 4 is 54.5 Å². The number of nitrogens with zero attached hydrogens (tertiary/aromatic N) is 2. The molecule has 5 aromatic carbocycles. The predicted octanol–water partition coefficient (Wildman–Crippen LogP) is 7.28. The van der Waals surface area contributed by atoms with E-state index in [1.54, 1.807) is 0 Å². The molecule has 0 aliphatic carbocycles.